The molecule has 22 heavy (non-hydrogen) atoms. The molecule has 1 heterocycles. The number of esters is 1. The average molecular weight is 312 g/mol. The highest BCUT2D eigenvalue weighted by molar-refractivity contribution is 6.31. The minimum Gasteiger partial charge on any atom is -0.402 e. The third-order valence-electron chi connectivity index (χ3n) is 3.42. The zero-order valence-corrected chi connectivity index (χ0v) is 13.0. The first-order valence-corrected chi connectivity index (χ1v) is 7.26. The van der Waals surface area contributed by atoms with Crippen molar-refractivity contribution in [3.8, 4) is 0 Å². The Labute approximate surface area is 133 Å². The predicted octanol–water partition coefficient (Wildman–Crippen LogP) is 4.30. The van der Waals surface area contributed by atoms with Gasteiger partial charge in [0, 0.05) is 10.6 Å². The highest BCUT2D eigenvalue weighted by Gasteiger charge is 2.24. The number of hydrogen-bond donors (Lipinski definition) is 0. The molecule has 0 aliphatic carbocycles. The van der Waals surface area contributed by atoms with Crippen molar-refractivity contribution in [3.63, 3.8) is 0 Å². The number of aryl methyl sites for hydroxylation is 2. The number of carbonyl (C=O) groups is 1. The molecular weight excluding hydrogens is 298 g/mol. The number of cyclic esters (lactones) is 1. The maximum atomic E-state index is 11.9. The van der Waals surface area contributed by atoms with Crippen molar-refractivity contribution in [2.75, 3.05) is 0 Å². The lowest BCUT2D eigenvalue weighted by Crippen LogP contribution is -2.05. The highest BCUT2D eigenvalue weighted by Crippen LogP contribution is 2.22. The lowest BCUT2D eigenvalue weighted by atomic mass is 10.1. The molecule has 2 aromatic rings. The fraction of sp³-hybridized carbons (Fsp3) is 0.111. The molecule has 0 saturated heterocycles. The van der Waals surface area contributed by atoms with Crippen LogP contribution in [0.1, 0.15) is 22.3 Å². The molecule has 0 radical (unpaired) electrons. The highest BCUT2D eigenvalue weighted by atomic mass is 35.5. The monoisotopic (exact) mass is 311 g/mol. The summed E-state index contributed by atoms with van der Waals surface area (Å²) < 4.78 is 5.23. The van der Waals surface area contributed by atoms with E-state index < -0.39 is 5.97 Å². The van der Waals surface area contributed by atoms with Gasteiger partial charge in [0.2, 0.25) is 5.90 Å². The van der Waals surface area contributed by atoms with E-state index in [1.807, 2.05) is 50.2 Å². The molecule has 0 saturated carbocycles. The third kappa shape index (κ3) is 2.95. The fourth-order valence-electron chi connectivity index (χ4n) is 2.08. The van der Waals surface area contributed by atoms with E-state index in [1.54, 1.807) is 12.1 Å². The molecule has 0 spiro atoms. The molecule has 0 N–H and O–H groups in total. The van der Waals surface area contributed by atoms with Crippen LogP contribution in [0.25, 0.3) is 6.08 Å². The van der Waals surface area contributed by atoms with Gasteiger partial charge in [0.1, 0.15) is 0 Å². The largest absolute Gasteiger partial charge is 0.402 e. The first kappa shape index (κ1) is 14.5. The lowest BCUT2D eigenvalue weighted by Gasteiger charge is -2.02. The lowest BCUT2D eigenvalue weighted by molar-refractivity contribution is -0.129. The summed E-state index contributed by atoms with van der Waals surface area (Å²) in [7, 11) is 0. The van der Waals surface area contributed by atoms with Crippen LogP contribution in [0.2, 0.25) is 5.02 Å². The van der Waals surface area contributed by atoms with Gasteiger partial charge in [0.15, 0.2) is 5.70 Å². The summed E-state index contributed by atoms with van der Waals surface area (Å²) in [5.74, 6) is -0.169. The molecule has 0 unspecified atom stereocenters. The van der Waals surface area contributed by atoms with Crippen molar-refractivity contribution in [2.45, 2.75) is 13.8 Å². The molecule has 1 aliphatic heterocycles. The maximum absolute atomic E-state index is 11.9. The summed E-state index contributed by atoms with van der Waals surface area (Å²) in [6.07, 6.45) is 1.71. The second-order valence-electron chi connectivity index (χ2n) is 5.21. The molecule has 4 heteroatoms. The van der Waals surface area contributed by atoms with Crippen LogP contribution >= 0.6 is 11.6 Å². The van der Waals surface area contributed by atoms with Gasteiger partial charge in [-0.1, -0.05) is 47.5 Å². The van der Waals surface area contributed by atoms with Crippen LogP contribution in [0.4, 0.5) is 0 Å². The van der Waals surface area contributed by atoms with Crippen LogP contribution in [0.15, 0.2) is 53.2 Å². The summed E-state index contributed by atoms with van der Waals surface area (Å²) >= 11 is 6.10. The van der Waals surface area contributed by atoms with Crippen molar-refractivity contribution in [3.05, 3.63) is 75.4 Å². The minimum absolute atomic E-state index is 0.283. The first-order chi connectivity index (χ1) is 10.5. The SMILES string of the molecule is Cc1ccc(/C=C2\N=C(c3ccc(C)c(Cl)c3)OC2=O)cc1. The summed E-state index contributed by atoms with van der Waals surface area (Å²) in [5.41, 5.74) is 4.01. The zero-order valence-electron chi connectivity index (χ0n) is 12.3. The quantitative estimate of drug-likeness (QED) is 0.612. The molecule has 2 aromatic carbocycles. The van der Waals surface area contributed by atoms with E-state index in [4.69, 9.17) is 16.3 Å². The van der Waals surface area contributed by atoms with E-state index >= 15 is 0 Å². The van der Waals surface area contributed by atoms with Crippen molar-refractivity contribution < 1.29 is 9.53 Å². The predicted molar refractivity (Wildman–Crippen MR) is 88.0 cm³/mol. The van der Waals surface area contributed by atoms with Gasteiger partial charge in [-0.05, 0) is 43.2 Å². The molecule has 0 fully saturated rings. The molecule has 0 atom stereocenters. The minimum atomic E-state index is -0.452. The van der Waals surface area contributed by atoms with Gasteiger partial charge in [-0.2, -0.15) is 0 Å². The van der Waals surface area contributed by atoms with Gasteiger partial charge in [-0.3, -0.25) is 0 Å². The Morgan fingerprint density at radius 3 is 2.50 bits per heavy atom. The number of benzene rings is 2. The zero-order chi connectivity index (χ0) is 15.7. The van der Waals surface area contributed by atoms with Crippen LogP contribution in [-0.4, -0.2) is 11.9 Å². The van der Waals surface area contributed by atoms with E-state index in [-0.39, 0.29) is 11.6 Å². The van der Waals surface area contributed by atoms with Gasteiger partial charge in [0.25, 0.3) is 0 Å². The molecular formula is C18H14ClNO2. The van der Waals surface area contributed by atoms with E-state index in [9.17, 15) is 4.79 Å². The molecule has 3 nitrogen and oxygen atoms in total. The molecule has 0 aromatic heterocycles. The summed E-state index contributed by atoms with van der Waals surface area (Å²) in [6.45, 7) is 3.93. The number of hydrogen-bond acceptors (Lipinski definition) is 3. The summed E-state index contributed by atoms with van der Waals surface area (Å²) in [6, 6.07) is 13.3. The normalized spacial score (nSPS) is 15.9. The number of carbonyl (C=O) groups excluding carboxylic acids is 1. The fourth-order valence-corrected chi connectivity index (χ4v) is 2.26. The molecule has 110 valence electrons. The third-order valence-corrected chi connectivity index (χ3v) is 3.83. The van der Waals surface area contributed by atoms with Crippen molar-refractivity contribution in [1.29, 1.82) is 0 Å². The Balaban J connectivity index is 1.94. The number of nitrogens with zero attached hydrogens (tertiary/aromatic N) is 1. The van der Waals surface area contributed by atoms with Crippen LogP contribution in [0.5, 0.6) is 0 Å². The van der Waals surface area contributed by atoms with Crippen LogP contribution in [-0.2, 0) is 9.53 Å². The second-order valence-corrected chi connectivity index (χ2v) is 5.62. The first-order valence-electron chi connectivity index (χ1n) is 6.89. The summed E-state index contributed by atoms with van der Waals surface area (Å²) in [5, 5.41) is 0.618. The number of ether oxygens (including phenoxy) is 1. The Hall–Kier alpha value is -2.39. The van der Waals surface area contributed by atoms with Crippen molar-refractivity contribution in [2.24, 2.45) is 4.99 Å². The standard InChI is InChI=1S/C18H14ClNO2/c1-11-3-6-13(7-4-11)9-16-18(21)22-17(20-16)14-8-5-12(2)15(19)10-14/h3-10H,1-2H3/b16-9-. The van der Waals surface area contributed by atoms with Crippen molar-refractivity contribution in [1.82, 2.24) is 0 Å². The number of halogens is 1. The van der Waals surface area contributed by atoms with E-state index in [2.05, 4.69) is 4.99 Å². The maximum Gasteiger partial charge on any atom is 0.363 e. The van der Waals surface area contributed by atoms with Crippen LogP contribution < -0.4 is 0 Å². The Kier molecular flexibility index (Phi) is 3.82. The average Bonchev–Trinajstić information content (AvgIpc) is 2.85. The van der Waals surface area contributed by atoms with Gasteiger partial charge in [-0.15, -0.1) is 0 Å². The van der Waals surface area contributed by atoms with Crippen LogP contribution in [0, 0.1) is 13.8 Å². The van der Waals surface area contributed by atoms with E-state index in [0.29, 0.717) is 10.6 Å². The molecule has 3 rings (SSSR count). The number of rotatable bonds is 2. The van der Waals surface area contributed by atoms with Gasteiger partial charge < -0.3 is 4.74 Å². The molecule has 0 bridgehead atoms. The molecule has 0 amide bonds. The van der Waals surface area contributed by atoms with Crippen molar-refractivity contribution >= 4 is 29.5 Å². The smallest absolute Gasteiger partial charge is 0.363 e. The topological polar surface area (TPSA) is 38.7 Å². The Morgan fingerprint density at radius 2 is 1.82 bits per heavy atom. The van der Waals surface area contributed by atoms with E-state index in [1.165, 1.54) is 0 Å². The van der Waals surface area contributed by atoms with Crippen LogP contribution in [0.3, 0.4) is 0 Å². The van der Waals surface area contributed by atoms with E-state index in [0.717, 1.165) is 16.7 Å². The van der Waals surface area contributed by atoms with Gasteiger partial charge >= 0.3 is 5.97 Å². The second kappa shape index (κ2) is 5.78. The van der Waals surface area contributed by atoms with Gasteiger partial charge in [-0.25, -0.2) is 9.79 Å². The summed E-state index contributed by atoms with van der Waals surface area (Å²) in [4.78, 5) is 16.2. The van der Waals surface area contributed by atoms with Gasteiger partial charge in [0.05, 0.1) is 0 Å². The Bertz CT molecular complexity index is 804. The number of aliphatic imine (C=N–C) groups is 1. The molecule has 1 aliphatic rings. The Morgan fingerprint density at radius 1 is 1.09 bits per heavy atom.